The maximum Gasteiger partial charge on any atom is 0.264 e. The molecule has 0 radical (unpaired) electrons. The van der Waals surface area contributed by atoms with E-state index in [1.807, 2.05) is 45.0 Å². The van der Waals surface area contributed by atoms with Crippen molar-refractivity contribution in [2.24, 2.45) is 0 Å². The Morgan fingerprint density at radius 1 is 0.950 bits per heavy atom. The number of carbonyl (C=O) groups excluding carboxylic acids is 2. The highest BCUT2D eigenvalue weighted by molar-refractivity contribution is 7.92. The summed E-state index contributed by atoms with van der Waals surface area (Å²) < 4.78 is 34.4. The first kappa shape index (κ1) is 30.7. The molecule has 1 N–H and O–H groups in total. The Hall–Kier alpha value is -3.85. The largest absolute Gasteiger partial charge is 0.495 e. The number of benzene rings is 3. The standard InChI is InChI=1S/C31H39N3O5S/c1-5-7-20-32-31(36)27(6-2)33(22-25-15-13-14-24(3)21-25)30(35)23-34(28-18-11-12-19-29(28)39-4)40(37,38)26-16-9-8-10-17-26/h8-19,21,27H,5-7,20,22-23H2,1-4H3,(H,32,36)/t27-/m0/s1. The molecule has 0 unspecified atom stereocenters. The van der Waals surface area contributed by atoms with Crippen LogP contribution in [0.15, 0.2) is 83.8 Å². The Bertz CT molecular complexity index is 1380. The van der Waals surface area contributed by atoms with Crippen molar-refractivity contribution in [2.45, 2.75) is 57.5 Å². The average Bonchev–Trinajstić information content (AvgIpc) is 2.96. The number of ether oxygens (including phenoxy) is 1. The van der Waals surface area contributed by atoms with E-state index in [9.17, 15) is 18.0 Å². The van der Waals surface area contributed by atoms with Crippen molar-refractivity contribution in [1.82, 2.24) is 10.2 Å². The van der Waals surface area contributed by atoms with Gasteiger partial charge in [-0.15, -0.1) is 0 Å². The number of amides is 2. The van der Waals surface area contributed by atoms with Crippen molar-refractivity contribution in [1.29, 1.82) is 0 Å². The van der Waals surface area contributed by atoms with E-state index in [1.165, 1.54) is 24.1 Å². The molecule has 0 fully saturated rings. The molecule has 3 rings (SSSR count). The van der Waals surface area contributed by atoms with Gasteiger partial charge in [0, 0.05) is 13.1 Å². The van der Waals surface area contributed by atoms with Crippen LogP contribution in [0.5, 0.6) is 5.75 Å². The molecule has 0 aliphatic carbocycles. The van der Waals surface area contributed by atoms with Crippen molar-refractivity contribution < 1.29 is 22.7 Å². The van der Waals surface area contributed by atoms with E-state index in [4.69, 9.17) is 4.74 Å². The first-order valence-electron chi connectivity index (χ1n) is 13.6. The molecule has 0 saturated carbocycles. The lowest BCUT2D eigenvalue weighted by Crippen LogP contribution is -2.52. The Kier molecular flexibility index (Phi) is 11.1. The average molecular weight is 566 g/mol. The van der Waals surface area contributed by atoms with Gasteiger partial charge < -0.3 is 15.0 Å². The molecule has 8 nitrogen and oxygen atoms in total. The van der Waals surface area contributed by atoms with Crippen LogP contribution in [0.1, 0.15) is 44.2 Å². The van der Waals surface area contributed by atoms with Crippen LogP contribution < -0.4 is 14.4 Å². The molecule has 0 heterocycles. The number of carbonyl (C=O) groups is 2. The lowest BCUT2D eigenvalue weighted by Gasteiger charge is -2.33. The minimum atomic E-state index is -4.16. The number of aryl methyl sites for hydroxylation is 1. The van der Waals surface area contributed by atoms with E-state index in [1.54, 1.807) is 42.5 Å². The molecule has 0 aliphatic heterocycles. The molecule has 0 aliphatic rings. The van der Waals surface area contributed by atoms with E-state index >= 15 is 0 Å². The van der Waals surface area contributed by atoms with Crippen molar-refractivity contribution in [3.63, 3.8) is 0 Å². The highest BCUT2D eigenvalue weighted by atomic mass is 32.2. The topological polar surface area (TPSA) is 96.0 Å². The molecule has 1 atom stereocenters. The molecule has 0 aromatic heterocycles. The molecular weight excluding hydrogens is 526 g/mol. The normalized spacial score (nSPS) is 11.9. The zero-order valence-electron chi connectivity index (χ0n) is 23.7. The van der Waals surface area contributed by atoms with Gasteiger partial charge in [-0.3, -0.25) is 13.9 Å². The number of nitrogens with one attached hydrogen (secondary N) is 1. The van der Waals surface area contributed by atoms with Gasteiger partial charge in [0.2, 0.25) is 11.8 Å². The maximum absolute atomic E-state index is 14.1. The van der Waals surface area contributed by atoms with Crippen LogP contribution in [0.25, 0.3) is 0 Å². The van der Waals surface area contributed by atoms with Gasteiger partial charge in [-0.2, -0.15) is 0 Å². The zero-order chi connectivity index (χ0) is 29.1. The third kappa shape index (κ3) is 7.63. The molecule has 0 saturated heterocycles. The van der Waals surface area contributed by atoms with Gasteiger partial charge in [-0.05, 0) is 49.6 Å². The second kappa shape index (κ2) is 14.5. The van der Waals surface area contributed by atoms with E-state index in [-0.39, 0.29) is 23.0 Å². The summed E-state index contributed by atoms with van der Waals surface area (Å²) in [5, 5.41) is 2.94. The Morgan fingerprint density at radius 3 is 2.30 bits per heavy atom. The first-order valence-corrected chi connectivity index (χ1v) is 15.0. The van der Waals surface area contributed by atoms with Crippen LogP contribution in [-0.2, 0) is 26.2 Å². The molecule has 3 aromatic rings. The summed E-state index contributed by atoms with van der Waals surface area (Å²) in [5.41, 5.74) is 2.11. The number of para-hydroxylation sites is 2. The summed E-state index contributed by atoms with van der Waals surface area (Å²) in [4.78, 5) is 28.9. The van der Waals surface area contributed by atoms with Crippen molar-refractivity contribution in [3.05, 3.63) is 90.0 Å². The fourth-order valence-corrected chi connectivity index (χ4v) is 5.95. The van der Waals surface area contributed by atoms with Crippen LogP contribution in [0.3, 0.4) is 0 Å². The lowest BCUT2D eigenvalue weighted by molar-refractivity contribution is -0.140. The number of rotatable bonds is 14. The summed E-state index contributed by atoms with van der Waals surface area (Å²) >= 11 is 0. The van der Waals surface area contributed by atoms with Crippen LogP contribution in [0, 0.1) is 6.92 Å². The summed E-state index contributed by atoms with van der Waals surface area (Å²) in [6, 6.07) is 21.6. The summed E-state index contributed by atoms with van der Waals surface area (Å²) in [6.07, 6.45) is 2.12. The maximum atomic E-state index is 14.1. The summed E-state index contributed by atoms with van der Waals surface area (Å²) in [6.45, 7) is 6.00. The summed E-state index contributed by atoms with van der Waals surface area (Å²) in [7, 11) is -2.71. The third-order valence-electron chi connectivity index (χ3n) is 6.61. The van der Waals surface area contributed by atoms with E-state index in [2.05, 4.69) is 5.32 Å². The van der Waals surface area contributed by atoms with Gasteiger partial charge in [0.05, 0.1) is 17.7 Å². The second-order valence-electron chi connectivity index (χ2n) is 9.58. The van der Waals surface area contributed by atoms with Gasteiger partial charge in [-0.25, -0.2) is 8.42 Å². The molecule has 40 heavy (non-hydrogen) atoms. The molecule has 0 spiro atoms. The van der Waals surface area contributed by atoms with Crippen LogP contribution in [-0.4, -0.2) is 51.4 Å². The quantitative estimate of drug-likeness (QED) is 0.280. The Labute approximate surface area is 238 Å². The number of sulfonamides is 1. The molecule has 3 aromatic carbocycles. The van der Waals surface area contributed by atoms with E-state index < -0.39 is 28.5 Å². The van der Waals surface area contributed by atoms with E-state index in [0.29, 0.717) is 18.7 Å². The molecule has 9 heteroatoms. The number of nitrogens with zero attached hydrogens (tertiary/aromatic N) is 2. The summed E-state index contributed by atoms with van der Waals surface area (Å²) in [5.74, 6) is -0.444. The lowest BCUT2D eigenvalue weighted by atomic mass is 10.1. The minimum Gasteiger partial charge on any atom is -0.495 e. The fraction of sp³-hybridized carbons (Fsp3) is 0.355. The van der Waals surface area contributed by atoms with Crippen LogP contribution >= 0.6 is 0 Å². The molecule has 0 bridgehead atoms. The van der Waals surface area contributed by atoms with Gasteiger partial charge in [-0.1, -0.05) is 80.4 Å². The highest BCUT2D eigenvalue weighted by Crippen LogP contribution is 2.32. The van der Waals surface area contributed by atoms with E-state index in [0.717, 1.165) is 28.3 Å². The third-order valence-corrected chi connectivity index (χ3v) is 8.39. The van der Waals surface area contributed by atoms with Crippen LogP contribution in [0.4, 0.5) is 5.69 Å². The minimum absolute atomic E-state index is 0.0447. The molecule has 2 amide bonds. The predicted molar refractivity (Wildman–Crippen MR) is 158 cm³/mol. The first-order chi connectivity index (χ1) is 19.2. The number of hydrogen-bond acceptors (Lipinski definition) is 5. The van der Waals surface area contributed by atoms with Gasteiger partial charge in [0.1, 0.15) is 18.3 Å². The molecular formula is C31H39N3O5S. The van der Waals surface area contributed by atoms with Gasteiger partial charge in [0.25, 0.3) is 10.0 Å². The number of hydrogen-bond donors (Lipinski definition) is 1. The molecule has 214 valence electrons. The Balaban J connectivity index is 2.06. The second-order valence-corrected chi connectivity index (χ2v) is 11.4. The number of methoxy groups -OCH3 is 1. The number of unbranched alkanes of at least 4 members (excludes halogenated alkanes) is 1. The zero-order valence-corrected chi connectivity index (χ0v) is 24.5. The smallest absolute Gasteiger partial charge is 0.264 e. The van der Waals surface area contributed by atoms with Gasteiger partial charge in [0.15, 0.2) is 0 Å². The monoisotopic (exact) mass is 565 g/mol. The van der Waals surface area contributed by atoms with Crippen molar-refractivity contribution >= 4 is 27.5 Å². The fourth-order valence-electron chi connectivity index (χ4n) is 4.50. The SMILES string of the molecule is CCCCNC(=O)[C@H](CC)N(Cc1cccc(C)c1)C(=O)CN(c1ccccc1OC)S(=O)(=O)c1ccccc1. The van der Waals surface area contributed by atoms with Crippen molar-refractivity contribution in [2.75, 3.05) is 24.5 Å². The van der Waals surface area contributed by atoms with Gasteiger partial charge >= 0.3 is 0 Å². The van der Waals surface area contributed by atoms with Crippen molar-refractivity contribution in [3.8, 4) is 5.75 Å². The number of anilines is 1. The highest BCUT2D eigenvalue weighted by Gasteiger charge is 2.34. The van der Waals surface area contributed by atoms with Crippen LogP contribution in [0.2, 0.25) is 0 Å². The predicted octanol–water partition coefficient (Wildman–Crippen LogP) is 4.92. The Morgan fingerprint density at radius 2 is 1.65 bits per heavy atom.